The van der Waals surface area contributed by atoms with E-state index in [0.29, 0.717) is 36.5 Å². The van der Waals surface area contributed by atoms with E-state index in [4.69, 9.17) is 16.3 Å². The number of hydrogen-bond donors (Lipinski definition) is 1. The predicted octanol–water partition coefficient (Wildman–Crippen LogP) is 6.70. The van der Waals surface area contributed by atoms with E-state index in [2.05, 4.69) is 5.32 Å². The van der Waals surface area contributed by atoms with Crippen LogP contribution in [0.3, 0.4) is 0 Å². The summed E-state index contributed by atoms with van der Waals surface area (Å²) in [5, 5.41) is 3.58. The Morgan fingerprint density at radius 2 is 1.73 bits per heavy atom. The highest BCUT2D eigenvalue weighted by molar-refractivity contribution is 6.31. The Morgan fingerprint density at radius 3 is 2.45 bits per heavy atom. The van der Waals surface area contributed by atoms with Crippen molar-refractivity contribution in [1.29, 1.82) is 0 Å². The van der Waals surface area contributed by atoms with Gasteiger partial charge in [-0.05, 0) is 66.6 Å². The lowest BCUT2D eigenvalue weighted by Gasteiger charge is -2.31. The Labute approximate surface area is 235 Å². The molecular weight excluding hydrogens is 544 g/mol. The van der Waals surface area contributed by atoms with Gasteiger partial charge in [0.2, 0.25) is 11.7 Å². The fourth-order valence-corrected chi connectivity index (χ4v) is 5.21. The normalized spacial score (nSPS) is 16.9. The molecule has 4 nitrogen and oxygen atoms in total. The third-order valence-electron chi connectivity index (χ3n) is 7.29. The molecule has 2 aliphatic rings. The smallest absolute Gasteiger partial charge is 0.231 e. The van der Waals surface area contributed by atoms with E-state index in [9.17, 15) is 22.4 Å². The number of hydrogen-bond acceptors (Lipinski definition) is 3. The second-order valence-electron chi connectivity index (χ2n) is 10.1. The summed E-state index contributed by atoms with van der Waals surface area (Å²) in [6.07, 6.45) is 4.83. The fourth-order valence-electron chi connectivity index (χ4n) is 4.98. The van der Waals surface area contributed by atoms with Gasteiger partial charge in [-0.15, -0.1) is 0 Å². The molecule has 1 heterocycles. The number of halogens is 5. The van der Waals surface area contributed by atoms with Gasteiger partial charge in [-0.3, -0.25) is 4.79 Å². The average Bonchev–Trinajstić information content (AvgIpc) is 3.80. The molecule has 1 atom stereocenters. The van der Waals surface area contributed by atoms with Crippen molar-refractivity contribution in [3.63, 3.8) is 0 Å². The van der Waals surface area contributed by atoms with Crippen molar-refractivity contribution < 1.29 is 27.1 Å². The summed E-state index contributed by atoms with van der Waals surface area (Å²) in [6, 6.07) is 14.0. The van der Waals surface area contributed by atoms with Crippen LogP contribution >= 0.6 is 11.6 Å². The van der Waals surface area contributed by atoms with Crippen molar-refractivity contribution in [3.8, 4) is 5.75 Å². The second-order valence-corrected chi connectivity index (χ2v) is 10.5. The zero-order valence-electron chi connectivity index (χ0n) is 21.7. The van der Waals surface area contributed by atoms with Crippen LogP contribution in [0, 0.1) is 29.2 Å². The monoisotopic (exact) mass is 572 g/mol. The summed E-state index contributed by atoms with van der Waals surface area (Å²) in [7, 11) is 0. The average molecular weight is 573 g/mol. The summed E-state index contributed by atoms with van der Waals surface area (Å²) in [5.41, 5.74) is 3.15. The first-order valence-corrected chi connectivity index (χ1v) is 13.7. The minimum atomic E-state index is -1.33. The Hall–Kier alpha value is -3.36. The van der Waals surface area contributed by atoms with Crippen LogP contribution in [0.15, 0.2) is 60.7 Å². The number of benzene rings is 3. The van der Waals surface area contributed by atoms with E-state index >= 15 is 0 Å². The highest BCUT2D eigenvalue weighted by Gasteiger charge is 2.38. The number of amides is 1. The molecule has 0 spiro atoms. The van der Waals surface area contributed by atoms with E-state index in [1.165, 1.54) is 6.07 Å². The van der Waals surface area contributed by atoms with E-state index in [0.717, 1.165) is 41.7 Å². The summed E-state index contributed by atoms with van der Waals surface area (Å²) >= 11 is 6.27. The van der Waals surface area contributed by atoms with Crippen LogP contribution in [0.2, 0.25) is 5.02 Å². The Kier molecular flexibility index (Phi) is 8.76. The molecule has 0 radical (unpaired) electrons. The zero-order valence-corrected chi connectivity index (χ0v) is 22.5. The molecule has 210 valence electrons. The van der Waals surface area contributed by atoms with Crippen LogP contribution in [-0.2, 0) is 17.8 Å². The molecule has 40 heavy (non-hydrogen) atoms. The number of rotatable bonds is 10. The number of carbonyl (C=O) groups excluding carboxylic acids is 1. The van der Waals surface area contributed by atoms with Gasteiger partial charge in [-0.1, -0.05) is 48.0 Å². The third-order valence-corrected chi connectivity index (χ3v) is 7.65. The van der Waals surface area contributed by atoms with Crippen molar-refractivity contribution in [3.05, 3.63) is 106 Å². The zero-order chi connectivity index (χ0) is 28.2. The molecule has 9 heteroatoms. The van der Waals surface area contributed by atoms with Gasteiger partial charge in [0.1, 0.15) is 5.82 Å². The van der Waals surface area contributed by atoms with Crippen LogP contribution in [0.25, 0.3) is 5.57 Å². The molecule has 1 fully saturated rings. The van der Waals surface area contributed by atoms with Crippen LogP contribution in [-0.4, -0.2) is 36.5 Å². The van der Waals surface area contributed by atoms with Crippen molar-refractivity contribution in [1.82, 2.24) is 10.2 Å². The van der Waals surface area contributed by atoms with Gasteiger partial charge in [-0.2, -0.15) is 4.39 Å². The van der Waals surface area contributed by atoms with Crippen molar-refractivity contribution >= 4 is 23.1 Å². The van der Waals surface area contributed by atoms with Gasteiger partial charge < -0.3 is 15.0 Å². The fraction of sp³-hybridized carbons (Fsp3) is 0.323. The highest BCUT2D eigenvalue weighted by Crippen LogP contribution is 2.35. The number of nitrogens with zero attached hydrogens (tertiary/aromatic N) is 1. The molecule has 1 aliphatic carbocycles. The maximum absolute atomic E-state index is 14.5. The van der Waals surface area contributed by atoms with Gasteiger partial charge in [0.05, 0.1) is 19.1 Å². The first kappa shape index (κ1) is 28.2. The summed E-state index contributed by atoms with van der Waals surface area (Å²) in [5.74, 6) is -5.04. The molecule has 1 amide bonds. The third kappa shape index (κ3) is 6.34. The first-order valence-electron chi connectivity index (χ1n) is 13.3. The van der Waals surface area contributed by atoms with Crippen molar-refractivity contribution in [2.45, 2.75) is 38.3 Å². The van der Waals surface area contributed by atoms with E-state index < -0.39 is 34.9 Å². The minimum absolute atomic E-state index is 0.0233. The molecule has 1 aliphatic heterocycles. The van der Waals surface area contributed by atoms with E-state index in [1.807, 2.05) is 30.3 Å². The molecule has 0 bridgehead atoms. The van der Waals surface area contributed by atoms with Crippen molar-refractivity contribution in [2.75, 3.05) is 19.7 Å². The predicted molar refractivity (Wildman–Crippen MR) is 146 cm³/mol. The topological polar surface area (TPSA) is 41.6 Å². The Balaban J connectivity index is 1.23. The molecule has 0 saturated heterocycles. The van der Waals surface area contributed by atoms with Crippen LogP contribution in [0.5, 0.6) is 5.75 Å². The molecule has 1 saturated carbocycles. The van der Waals surface area contributed by atoms with Gasteiger partial charge >= 0.3 is 0 Å². The van der Waals surface area contributed by atoms with Gasteiger partial charge in [-0.25, -0.2) is 13.2 Å². The summed E-state index contributed by atoms with van der Waals surface area (Å²) < 4.78 is 60.5. The lowest BCUT2D eigenvalue weighted by atomic mass is 9.88. The van der Waals surface area contributed by atoms with Gasteiger partial charge in [0, 0.05) is 29.7 Å². The van der Waals surface area contributed by atoms with Crippen LogP contribution in [0.1, 0.15) is 36.0 Å². The molecule has 1 unspecified atom stereocenters. The molecule has 0 aromatic heterocycles. The van der Waals surface area contributed by atoms with Crippen LogP contribution in [0.4, 0.5) is 17.6 Å². The Morgan fingerprint density at radius 1 is 0.975 bits per heavy atom. The number of ether oxygens (including phenoxy) is 1. The summed E-state index contributed by atoms with van der Waals surface area (Å²) in [6.45, 7) is 1.26. The van der Waals surface area contributed by atoms with Crippen molar-refractivity contribution in [2.24, 2.45) is 5.92 Å². The largest absolute Gasteiger partial charge is 0.488 e. The molecule has 5 rings (SSSR count). The Bertz CT molecular complexity index is 1390. The highest BCUT2D eigenvalue weighted by atomic mass is 35.5. The molecule has 3 aromatic rings. The number of nitrogens with one attached hydrogen (secondary N) is 1. The second kappa shape index (κ2) is 12.4. The van der Waals surface area contributed by atoms with E-state index in [-0.39, 0.29) is 25.1 Å². The standard InChI is InChI=1S/C31H29ClF4N2O2/c32-25-4-1-5-26(33)24(25)18-38(21-10-11-21)31(39)23-17-37-15-14-22(23)20-8-6-19(7-9-20)3-2-16-40-30-28(35)13-12-27(34)29(30)36/h1,4-9,12-14,21,23,37H,2-3,10-11,15-18H2. The SMILES string of the molecule is O=C(C1CNCC=C1c1ccc(CCCOc2c(F)ccc(F)c2F)cc1)N(Cc1c(F)cccc1Cl)C1CC1. The summed E-state index contributed by atoms with van der Waals surface area (Å²) in [4.78, 5) is 15.6. The lowest BCUT2D eigenvalue weighted by Crippen LogP contribution is -2.43. The quantitative estimate of drug-likeness (QED) is 0.167. The van der Waals surface area contributed by atoms with Gasteiger partial charge in [0.25, 0.3) is 0 Å². The first-order chi connectivity index (χ1) is 19.3. The molecule has 1 N–H and O–H groups in total. The molecular formula is C31H29ClF4N2O2. The van der Waals surface area contributed by atoms with E-state index in [1.54, 1.807) is 17.0 Å². The minimum Gasteiger partial charge on any atom is -0.488 e. The van der Waals surface area contributed by atoms with Gasteiger partial charge in [0.15, 0.2) is 17.4 Å². The lowest BCUT2D eigenvalue weighted by molar-refractivity contribution is -0.134. The number of carbonyl (C=O) groups is 1. The maximum atomic E-state index is 14.5. The van der Waals surface area contributed by atoms with Crippen LogP contribution < -0.4 is 10.1 Å². The maximum Gasteiger partial charge on any atom is 0.231 e. The molecule has 3 aromatic carbocycles. The number of aryl methyl sites for hydroxylation is 1.